The average Bonchev–Trinajstić information content (AvgIpc) is 2.88. The van der Waals surface area contributed by atoms with Gasteiger partial charge < -0.3 is 15.4 Å². The Morgan fingerprint density at radius 2 is 1.91 bits per heavy atom. The van der Waals surface area contributed by atoms with E-state index in [1.54, 1.807) is 6.20 Å². The molecule has 0 saturated carbocycles. The molecule has 1 amide bonds. The van der Waals surface area contributed by atoms with Gasteiger partial charge in [-0.25, -0.2) is 4.79 Å². The number of H-pyrrole nitrogens is 1. The zero-order valence-electron chi connectivity index (χ0n) is 13.1. The standard InChI is InChI=1S/C17H22N2O3/c1-10(2)11(3)16(20)19-15(17(21)22)8-12-9-18-14-7-5-4-6-13(12)14/h4-7,9-11,15,18H,8H2,1-3H3,(H,19,20)(H,21,22). The third kappa shape index (κ3) is 3.47. The number of aromatic nitrogens is 1. The smallest absolute Gasteiger partial charge is 0.326 e. The Kier molecular flexibility index (Phi) is 4.85. The Balaban J connectivity index is 2.16. The average molecular weight is 302 g/mol. The van der Waals surface area contributed by atoms with Crippen molar-refractivity contribution < 1.29 is 14.7 Å². The number of hydrogen-bond acceptors (Lipinski definition) is 2. The third-order valence-corrected chi connectivity index (χ3v) is 4.13. The van der Waals surface area contributed by atoms with E-state index in [2.05, 4.69) is 10.3 Å². The van der Waals surface area contributed by atoms with Crippen LogP contribution in [0.15, 0.2) is 30.5 Å². The number of carbonyl (C=O) groups excluding carboxylic acids is 1. The molecule has 5 nitrogen and oxygen atoms in total. The molecule has 22 heavy (non-hydrogen) atoms. The van der Waals surface area contributed by atoms with Gasteiger partial charge in [0.25, 0.3) is 0 Å². The molecular formula is C17H22N2O3. The van der Waals surface area contributed by atoms with Crippen LogP contribution in [0.25, 0.3) is 10.9 Å². The number of rotatable bonds is 6. The van der Waals surface area contributed by atoms with Crippen LogP contribution >= 0.6 is 0 Å². The lowest BCUT2D eigenvalue weighted by Crippen LogP contribution is -2.45. The van der Waals surface area contributed by atoms with E-state index < -0.39 is 12.0 Å². The van der Waals surface area contributed by atoms with E-state index >= 15 is 0 Å². The number of amides is 1. The summed E-state index contributed by atoms with van der Waals surface area (Å²) in [5.41, 5.74) is 1.85. The van der Waals surface area contributed by atoms with E-state index in [0.29, 0.717) is 0 Å². The molecule has 2 rings (SSSR count). The van der Waals surface area contributed by atoms with Gasteiger partial charge in [0, 0.05) is 29.4 Å². The lowest BCUT2D eigenvalue weighted by Gasteiger charge is -2.19. The molecular weight excluding hydrogens is 280 g/mol. The Labute approximate surface area is 129 Å². The number of fused-ring (bicyclic) bond motifs is 1. The first-order valence-electron chi connectivity index (χ1n) is 7.48. The molecule has 118 valence electrons. The molecule has 0 saturated heterocycles. The maximum absolute atomic E-state index is 12.1. The van der Waals surface area contributed by atoms with E-state index in [1.807, 2.05) is 45.0 Å². The number of para-hydroxylation sites is 1. The van der Waals surface area contributed by atoms with Gasteiger partial charge in [-0.1, -0.05) is 39.0 Å². The number of carboxylic acid groups (broad SMARTS) is 1. The van der Waals surface area contributed by atoms with Gasteiger partial charge in [-0.2, -0.15) is 0 Å². The summed E-state index contributed by atoms with van der Waals surface area (Å²) < 4.78 is 0. The maximum Gasteiger partial charge on any atom is 0.326 e. The van der Waals surface area contributed by atoms with Crippen LogP contribution < -0.4 is 5.32 Å². The van der Waals surface area contributed by atoms with Crippen LogP contribution in [0.2, 0.25) is 0 Å². The Morgan fingerprint density at radius 3 is 2.55 bits per heavy atom. The summed E-state index contributed by atoms with van der Waals surface area (Å²) in [7, 11) is 0. The summed E-state index contributed by atoms with van der Waals surface area (Å²) in [5, 5.41) is 13.0. The van der Waals surface area contributed by atoms with E-state index in [0.717, 1.165) is 16.5 Å². The predicted octanol–water partition coefficient (Wildman–Crippen LogP) is 2.57. The van der Waals surface area contributed by atoms with E-state index in [1.165, 1.54) is 0 Å². The van der Waals surface area contributed by atoms with Crippen molar-refractivity contribution >= 4 is 22.8 Å². The maximum atomic E-state index is 12.1. The van der Waals surface area contributed by atoms with Gasteiger partial charge in [0.05, 0.1) is 0 Å². The molecule has 0 radical (unpaired) electrons. The zero-order valence-corrected chi connectivity index (χ0v) is 13.1. The second kappa shape index (κ2) is 6.64. The first kappa shape index (κ1) is 16.1. The van der Waals surface area contributed by atoms with Crippen LogP contribution in [-0.2, 0) is 16.0 Å². The molecule has 0 spiro atoms. The van der Waals surface area contributed by atoms with Gasteiger partial charge in [-0.15, -0.1) is 0 Å². The van der Waals surface area contributed by atoms with Gasteiger partial charge >= 0.3 is 5.97 Å². The molecule has 0 bridgehead atoms. The molecule has 1 aromatic carbocycles. The SMILES string of the molecule is CC(C)C(C)C(=O)NC(Cc1c[nH]c2ccccc12)C(=O)O. The summed E-state index contributed by atoms with van der Waals surface area (Å²) >= 11 is 0. The van der Waals surface area contributed by atoms with Gasteiger partial charge in [0.15, 0.2) is 0 Å². The highest BCUT2D eigenvalue weighted by Crippen LogP contribution is 2.19. The molecule has 0 aliphatic rings. The number of benzene rings is 1. The Morgan fingerprint density at radius 1 is 1.23 bits per heavy atom. The fraction of sp³-hybridized carbons (Fsp3) is 0.412. The van der Waals surface area contributed by atoms with Crippen molar-refractivity contribution in [3.8, 4) is 0 Å². The van der Waals surface area contributed by atoms with Gasteiger partial charge in [0.1, 0.15) is 6.04 Å². The third-order valence-electron chi connectivity index (χ3n) is 4.13. The number of hydrogen-bond donors (Lipinski definition) is 3. The first-order chi connectivity index (χ1) is 10.4. The van der Waals surface area contributed by atoms with Crippen molar-refractivity contribution in [2.45, 2.75) is 33.2 Å². The number of aliphatic carboxylic acids is 1. The normalized spacial score (nSPS) is 14.0. The summed E-state index contributed by atoms with van der Waals surface area (Å²) in [4.78, 5) is 26.7. The number of carboxylic acids is 1. The van der Waals surface area contributed by atoms with Crippen LogP contribution in [0.5, 0.6) is 0 Å². The summed E-state index contributed by atoms with van der Waals surface area (Å²) in [5.74, 6) is -1.29. The van der Waals surface area contributed by atoms with Crippen molar-refractivity contribution in [3.05, 3.63) is 36.0 Å². The number of nitrogens with one attached hydrogen (secondary N) is 2. The van der Waals surface area contributed by atoms with Crippen LogP contribution in [0.1, 0.15) is 26.3 Å². The van der Waals surface area contributed by atoms with E-state index in [4.69, 9.17) is 0 Å². The fourth-order valence-corrected chi connectivity index (χ4v) is 2.33. The topological polar surface area (TPSA) is 82.2 Å². The van der Waals surface area contributed by atoms with E-state index in [-0.39, 0.29) is 24.2 Å². The molecule has 5 heteroatoms. The van der Waals surface area contributed by atoms with Crippen LogP contribution in [0.3, 0.4) is 0 Å². The van der Waals surface area contributed by atoms with Gasteiger partial charge in [0.2, 0.25) is 5.91 Å². The van der Waals surface area contributed by atoms with Crippen molar-refractivity contribution in [3.63, 3.8) is 0 Å². The first-order valence-corrected chi connectivity index (χ1v) is 7.48. The predicted molar refractivity (Wildman–Crippen MR) is 85.6 cm³/mol. The molecule has 2 atom stereocenters. The Hall–Kier alpha value is -2.30. The second-order valence-corrected chi connectivity index (χ2v) is 6.00. The Bertz CT molecular complexity index is 675. The summed E-state index contributed by atoms with van der Waals surface area (Å²) in [6.07, 6.45) is 2.06. The monoisotopic (exact) mass is 302 g/mol. The van der Waals surface area contributed by atoms with Crippen LogP contribution in [0.4, 0.5) is 0 Å². The molecule has 0 aliphatic heterocycles. The summed E-state index contributed by atoms with van der Waals surface area (Å²) in [6.45, 7) is 5.70. The quantitative estimate of drug-likeness (QED) is 0.767. The lowest BCUT2D eigenvalue weighted by atomic mass is 9.96. The van der Waals surface area contributed by atoms with E-state index in [9.17, 15) is 14.7 Å². The minimum Gasteiger partial charge on any atom is -0.480 e. The molecule has 0 fully saturated rings. The molecule has 2 unspecified atom stereocenters. The minimum atomic E-state index is -1.02. The molecule has 0 aliphatic carbocycles. The minimum absolute atomic E-state index is 0.169. The van der Waals surface area contributed by atoms with Gasteiger partial charge in [-0.3, -0.25) is 4.79 Å². The highest BCUT2D eigenvalue weighted by molar-refractivity contribution is 5.87. The van der Waals surface area contributed by atoms with Crippen LogP contribution in [0, 0.1) is 11.8 Å². The van der Waals surface area contributed by atoms with Crippen molar-refractivity contribution in [2.24, 2.45) is 11.8 Å². The van der Waals surface area contributed by atoms with Crippen molar-refractivity contribution in [1.29, 1.82) is 0 Å². The van der Waals surface area contributed by atoms with Crippen molar-refractivity contribution in [2.75, 3.05) is 0 Å². The number of carbonyl (C=O) groups is 2. The molecule has 2 aromatic rings. The number of aromatic amines is 1. The zero-order chi connectivity index (χ0) is 16.3. The lowest BCUT2D eigenvalue weighted by molar-refractivity contribution is -0.142. The summed E-state index contributed by atoms with van der Waals surface area (Å²) in [6, 6.07) is 6.79. The van der Waals surface area contributed by atoms with Gasteiger partial charge in [-0.05, 0) is 17.5 Å². The van der Waals surface area contributed by atoms with Crippen molar-refractivity contribution in [1.82, 2.24) is 10.3 Å². The highest BCUT2D eigenvalue weighted by atomic mass is 16.4. The second-order valence-electron chi connectivity index (χ2n) is 6.00. The molecule has 3 N–H and O–H groups in total. The highest BCUT2D eigenvalue weighted by Gasteiger charge is 2.25. The fourth-order valence-electron chi connectivity index (χ4n) is 2.33. The molecule has 1 aromatic heterocycles. The largest absolute Gasteiger partial charge is 0.480 e. The van der Waals surface area contributed by atoms with Crippen LogP contribution in [-0.4, -0.2) is 28.0 Å². The molecule has 1 heterocycles.